The summed E-state index contributed by atoms with van der Waals surface area (Å²) < 4.78 is 7.66. The van der Waals surface area contributed by atoms with Gasteiger partial charge in [-0.05, 0) is 56.5 Å². The minimum absolute atomic E-state index is 0.0290. The first kappa shape index (κ1) is 21.4. The lowest BCUT2D eigenvalue weighted by molar-refractivity contribution is -0.132. The number of hydrogen-bond donors (Lipinski definition) is 0. The molecular weight excluding hydrogens is 392 g/mol. The number of aromatic nitrogens is 1. The van der Waals surface area contributed by atoms with E-state index in [0.29, 0.717) is 26.2 Å². The fraction of sp³-hybridized carbons (Fsp3) is 0.500. The maximum Gasteiger partial charge on any atom is 0.246 e. The van der Waals surface area contributed by atoms with Crippen molar-refractivity contribution in [3.63, 3.8) is 0 Å². The van der Waals surface area contributed by atoms with Gasteiger partial charge in [-0.2, -0.15) is 0 Å². The van der Waals surface area contributed by atoms with E-state index >= 15 is 0 Å². The molecule has 7 heteroatoms. The Bertz CT molecular complexity index is 930. The molecule has 0 spiro atoms. The second-order valence-corrected chi connectivity index (χ2v) is 8.51. The standard InChI is InChI=1S/C24H32N4O3/c1-19-16-21(20(2)28(19)17-22-6-5-15-31-22)7-8-23(29)27-13-11-25(12-14-27)18-24(30)26-9-3-4-10-26/h5-8,15-16H,3-4,9-14,17-18H2,1-2H3. The lowest BCUT2D eigenvalue weighted by Crippen LogP contribution is -2.51. The number of nitrogens with zero attached hydrogens (tertiary/aromatic N) is 4. The van der Waals surface area contributed by atoms with Gasteiger partial charge in [0.15, 0.2) is 0 Å². The normalized spacial score (nSPS) is 17.7. The molecule has 2 fully saturated rings. The minimum Gasteiger partial charge on any atom is -0.467 e. The van der Waals surface area contributed by atoms with Gasteiger partial charge < -0.3 is 18.8 Å². The van der Waals surface area contributed by atoms with E-state index in [1.54, 1.807) is 12.3 Å². The van der Waals surface area contributed by atoms with Gasteiger partial charge >= 0.3 is 0 Å². The minimum atomic E-state index is 0.0290. The fourth-order valence-corrected chi connectivity index (χ4v) is 4.45. The quantitative estimate of drug-likeness (QED) is 0.669. The van der Waals surface area contributed by atoms with E-state index in [1.807, 2.05) is 28.0 Å². The smallest absolute Gasteiger partial charge is 0.246 e. The molecule has 2 aromatic rings. The molecule has 7 nitrogen and oxygen atoms in total. The molecule has 4 heterocycles. The van der Waals surface area contributed by atoms with Crippen molar-refractivity contribution in [3.8, 4) is 0 Å². The fourth-order valence-electron chi connectivity index (χ4n) is 4.45. The van der Waals surface area contributed by atoms with Crippen LogP contribution in [-0.4, -0.2) is 76.9 Å². The van der Waals surface area contributed by atoms with Gasteiger partial charge in [0.2, 0.25) is 11.8 Å². The third-order valence-electron chi connectivity index (χ3n) is 6.41. The number of aryl methyl sites for hydroxylation is 1. The predicted octanol–water partition coefficient (Wildman–Crippen LogP) is 2.53. The molecule has 166 valence electrons. The molecule has 0 aliphatic carbocycles. The van der Waals surface area contributed by atoms with Crippen molar-refractivity contribution in [1.82, 2.24) is 19.3 Å². The number of furan rings is 1. The van der Waals surface area contributed by atoms with Gasteiger partial charge in [-0.25, -0.2) is 0 Å². The maximum absolute atomic E-state index is 12.7. The van der Waals surface area contributed by atoms with Crippen LogP contribution in [0.25, 0.3) is 6.08 Å². The number of rotatable bonds is 6. The van der Waals surface area contributed by atoms with Gasteiger partial charge in [-0.1, -0.05) is 0 Å². The summed E-state index contributed by atoms with van der Waals surface area (Å²) in [6.45, 7) is 9.89. The summed E-state index contributed by atoms with van der Waals surface area (Å²) in [5.74, 6) is 1.16. The Labute approximate surface area is 183 Å². The Kier molecular flexibility index (Phi) is 6.61. The molecule has 2 aliphatic rings. The lowest BCUT2D eigenvalue weighted by atomic mass is 10.2. The number of amides is 2. The first-order chi connectivity index (χ1) is 15.0. The molecular formula is C24H32N4O3. The van der Waals surface area contributed by atoms with Crippen LogP contribution in [0.2, 0.25) is 0 Å². The van der Waals surface area contributed by atoms with E-state index in [-0.39, 0.29) is 11.8 Å². The Morgan fingerprint density at radius 3 is 2.45 bits per heavy atom. The molecule has 31 heavy (non-hydrogen) atoms. The Hall–Kier alpha value is -2.80. The summed E-state index contributed by atoms with van der Waals surface area (Å²) in [6.07, 6.45) is 7.50. The van der Waals surface area contributed by atoms with Crippen LogP contribution in [0.1, 0.15) is 35.6 Å². The van der Waals surface area contributed by atoms with E-state index in [4.69, 9.17) is 4.42 Å². The highest BCUT2D eigenvalue weighted by Crippen LogP contribution is 2.19. The van der Waals surface area contributed by atoms with Crippen molar-refractivity contribution in [2.45, 2.75) is 33.2 Å². The summed E-state index contributed by atoms with van der Waals surface area (Å²) >= 11 is 0. The zero-order valence-electron chi connectivity index (χ0n) is 18.5. The highest BCUT2D eigenvalue weighted by molar-refractivity contribution is 5.92. The number of carbonyl (C=O) groups excluding carboxylic acids is 2. The highest BCUT2D eigenvalue weighted by Gasteiger charge is 2.24. The second-order valence-electron chi connectivity index (χ2n) is 8.51. The summed E-state index contributed by atoms with van der Waals surface area (Å²) in [5.41, 5.74) is 3.30. The molecule has 2 amide bonds. The second kappa shape index (κ2) is 9.56. The van der Waals surface area contributed by atoms with E-state index in [2.05, 4.69) is 29.4 Å². The molecule has 0 N–H and O–H groups in total. The molecule has 2 aliphatic heterocycles. The van der Waals surface area contributed by atoms with Crippen molar-refractivity contribution in [2.24, 2.45) is 0 Å². The third kappa shape index (κ3) is 5.10. The van der Waals surface area contributed by atoms with Crippen LogP contribution in [0.3, 0.4) is 0 Å². The van der Waals surface area contributed by atoms with Crippen LogP contribution in [-0.2, 0) is 16.1 Å². The van der Waals surface area contributed by atoms with Crippen molar-refractivity contribution >= 4 is 17.9 Å². The average Bonchev–Trinajstić information content (AvgIpc) is 3.52. The van der Waals surface area contributed by atoms with Gasteiger partial charge in [0.25, 0.3) is 0 Å². The summed E-state index contributed by atoms with van der Waals surface area (Å²) in [6, 6.07) is 5.96. The van der Waals surface area contributed by atoms with Gasteiger partial charge in [0.1, 0.15) is 5.76 Å². The van der Waals surface area contributed by atoms with Gasteiger partial charge in [-0.15, -0.1) is 0 Å². The molecule has 0 aromatic carbocycles. The molecule has 0 atom stereocenters. The highest BCUT2D eigenvalue weighted by atomic mass is 16.3. The summed E-state index contributed by atoms with van der Waals surface area (Å²) in [7, 11) is 0. The Balaban J connectivity index is 1.29. The molecule has 2 saturated heterocycles. The lowest BCUT2D eigenvalue weighted by Gasteiger charge is -2.34. The molecule has 0 saturated carbocycles. The summed E-state index contributed by atoms with van der Waals surface area (Å²) in [5, 5.41) is 0. The maximum atomic E-state index is 12.7. The zero-order valence-corrected chi connectivity index (χ0v) is 18.5. The van der Waals surface area contributed by atoms with Gasteiger partial charge in [0, 0.05) is 56.7 Å². The van der Waals surface area contributed by atoms with Crippen LogP contribution < -0.4 is 0 Å². The molecule has 4 rings (SSSR count). The number of carbonyl (C=O) groups is 2. The number of hydrogen-bond acceptors (Lipinski definition) is 4. The Morgan fingerprint density at radius 1 is 1.03 bits per heavy atom. The SMILES string of the molecule is Cc1cc(C=CC(=O)N2CCN(CC(=O)N3CCCC3)CC2)c(C)n1Cc1ccco1. The predicted molar refractivity (Wildman–Crippen MR) is 120 cm³/mol. The third-order valence-corrected chi connectivity index (χ3v) is 6.41. The van der Waals surface area contributed by atoms with Crippen molar-refractivity contribution in [3.05, 3.63) is 53.2 Å². The van der Waals surface area contributed by atoms with Gasteiger partial charge in [-0.3, -0.25) is 14.5 Å². The van der Waals surface area contributed by atoms with Crippen molar-refractivity contribution in [2.75, 3.05) is 45.8 Å². The van der Waals surface area contributed by atoms with Crippen LogP contribution >= 0.6 is 0 Å². The van der Waals surface area contributed by atoms with Crippen LogP contribution in [0.4, 0.5) is 0 Å². The molecule has 0 unspecified atom stereocenters. The zero-order chi connectivity index (χ0) is 21.8. The monoisotopic (exact) mass is 424 g/mol. The first-order valence-corrected chi connectivity index (χ1v) is 11.2. The molecule has 0 radical (unpaired) electrons. The van der Waals surface area contributed by atoms with Gasteiger partial charge in [0.05, 0.1) is 19.4 Å². The molecule has 0 bridgehead atoms. The Morgan fingerprint density at radius 2 is 1.77 bits per heavy atom. The first-order valence-electron chi connectivity index (χ1n) is 11.2. The van der Waals surface area contributed by atoms with Crippen molar-refractivity contribution < 1.29 is 14.0 Å². The molecule has 2 aromatic heterocycles. The topological polar surface area (TPSA) is 61.9 Å². The number of piperazine rings is 1. The summed E-state index contributed by atoms with van der Waals surface area (Å²) in [4.78, 5) is 31.0. The largest absolute Gasteiger partial charge is 0.467 e. The van der Waals surface area contributed by atoms with Crippen LogP contribution in [0.5, 0.6) is 0 Å². The van der Waals surface area contributed by atoms with E-state index in [1.165, 1.54) is 0 Å². The van der Waals surface area contributed by atoms with E-state index in [0.717, 1.165) is 61.7 Å². The van der Waals surface area contributed by atoms with Crippen LogP contribution in [0.15, 0.2) is 35.0 Å². The van der Waals surface area contributed by atoms with Crippen molar-refractivity contribution in [1.29, 1.82) is 0 Å². The van der Waals surface area contributed by atoms with E-state index in [9.17, 15) is 9.59 Å². The van der Waals surface area contributed by atoms with Crippen LogP contribution in [0, 0.1) is 13.8 Å². The number of likely N-dealkylation sites (tertiary alicyclic amines) is 1. The van der Waals surface area contributed by atoms with E-state index < -0.39 is 0 Å². The average molecular weight is 425 g/mol.